The highest BCUT2D eigenvalue weighted by Crippen LogP contribution is 2.35. The number of benzene rings is 1. The molecule has 0 unspecified atom stereocenters. The molecule has 2 fully saturated rings. The zero-order chi connectivity index (χ0) is 14.0. The highest BCUT2D eigenvalue weighted by atomic mass is 16.5. The lowest BCUT2D eigenvalue weighted by molar-refractivity contribution is 0.0147. The highest BCUT2D eigenvalue weighted by Gasteiger charge is 2.34. The van der Waals surface area contributed by atoms with E-state index < -0.39 is 0 Å². The van der Waals surface area contributed by atoms with Crippen LogP contribution in [0.1, 0.15) is 42.4 Å². The van der Waals surface area contributed by atoms with Gasteiger partial charge in [0.2, 0.25) is 0 Å². The molecule has 1 saturated carbocycles. The Hall–Kier alpha value is -0.860. The van der Waals surface area contributed by atoms with Gasteiger partial charge in [0.25, 0.3) is 0 Å². The van der Waals surface area contributed by atoms with Gasteiger partial charge in [-0.15, -0.1) is 0 Å². The number of aryl methyl sites for hydroxylation is 2. The molecular formula is C18H27NO. The minimum Gasteiger partial charge on any atom is -0.381 e. The zero-order valence-electron chi connectivity index (χ0n) is 12.9. The molecule has 2 aliphatic rings. The van der Waals surface area contributed by atoms with Crippen LogP contribution in [0.15, 0.2) is 18.2 Å². The van der Waals surface area contributed by atoms with Gasteiger partial charge in [0, 0.05) is 25.8 Å². The summed E-state index contributed by atoms with van der Waals surface area (Å²) in [6.45, 7) is 7.43. The summed E-state index contributed by atoms with van der Waals surface area (Å²) in [6, 6.07) is 7.77. The standard InChI is InChI=1S/C18H27NO/c1-14-3-4-16(11-15(14)2)12-18(7-9-20-10-8-18)13-19-17-5-6-17/h3-4,11,17,19H,5-10,12-13H2,1-2H3. The largest absolute Gasteiger partial charge is 0.381 e. The quantitative estimate of drug-likeness (QED) is 0.888. The van der Waals surface area contributed by atoms with E-state index in [-0.39, 0.29) is 0 Å². The molecule has 0 amide bonds. The summed E-state index contributed by atoms with van der Waals surface area (Å²) >= 11 is 0. The molecular weight excluding hydrogens is 246 g/mol. The molecule has 3 rings (SSSR count). The van der Waals surface area contributed by atoms with E-state index in [0.717, 1.165) is 25.8 Å². The van der Waals surface area contributed by atoms with E-state index in [9.17, 15) is 0 Å². The molecule has 1 aliphatic carbocycles. The molecule has 1 aliphatic heterocycles. The molecule has 0 radical (unpaired) electrons. The van der Waals surface area contributed by atoms with Crippen molar-refractivity contribution in [1.29, 1.82) is 0 Å². The third-order valence-electron chi connectivity index (χ3n) is 5.05. The number of hydrogen-bond acceptors (Lipinski definition) is 2. The summed E-state index contributed by atoms with van der Waals surface area (Å²) in [4.78, 5) is 0. The minimum atomic E-state index is 0.405. The Balaban J connectivity index is 1.71. The summed E-state index contributed by atoms with van der Waals surface area (Å²) in [7, 11) is 0. The highest BCUT2D eigenvalue weighted by molar-refractivity contribution is 5.30. The van der Waals surface area contributed by atoms with Crippen molar-refractivity contribution in [2.45, 2.75) is 52.0 Å². The predicted molar refractivity (Wildman–Crippen MR) is 83.1 cm³/mol. The third-order valence-corrected chi connectivity index (χ3v) is 5.05. The molecule has 2 heteroatoms. The Morgan fingerprint density at radius 2 is 1.90 bits per heavy atom. The van der Waals surface area contributed by atoms with Crippen molar-refractivity contribution in [3.8, 4) is 0 Å². The molecule has 0 spiro atoms. The molecule has 0 aromatic heterocycles. The Labute approximate surface area is 122 Å². The Morgan fingerprint density at radius 1 is 1.15 bits per heavy atom. The van der Waals surface area contributed by atoms with Crippen LogP contribution in [0, 0.1) is 19.3 Å². The van der Waals surface area contributed by atoms with Crippen molar-refractivity contribution in [2.24, 2.45) is 5.41 Å². The summed E-state index contributed by atoms with van der Waals surface area (Å²) in [5, 5.41) is 3.76. The van der Waals surface area contributed by atoms with Gasteiger partial charge in [-0.3, -0.25) is 0 Å². The van der Waals surface area contributed by atoms with Crippen LogP contribution in [0.3, 0.4) is 0 Å². The Morgan fingerprint density at radius 3 is 2.55 bits per heavy atom. The van der Waals surface area contributed by atoms with Crippen LogP contribution in [-0.2, 0) is 11.2 Å². The van der Waals surface area contributed by atoms with Crippen LogP contribution in [0.25, 0.3) is 0 Å². The first kappa shape index (κ1) is 14.1. The fraction of sp³-hybridized carbons (Fsp3) is 0.667. The average molecular weight is 273 g/mol. The van der Waals surface area contributed by atoms with E-state index in [2.05, 4.69) is 37.4 Å². The number of ether oxygens (including phenoxy) is 1. The van der Waals surface area contributed by atoms with Crippen molar-refractivity contribution < 1.29 is 4.74 Å². The maximum absolute atomic E-state index is 5.60. The fourth-order valence-corrected chi connectivity index (χ4v) is 3.22. The molecule has 20 heavy (non-hydrogen) atoms. The fourth-order valence-electron chi connectivity index (χ4n) is 3.22. The monoisotopic (exact) mass is 273 g/mol. The molecule has 110 valence electrons. The van der Waals surface area contributed by atoms with Gasteiger partial charge in [-0.1, -0.05) is 18.2 Å². The van der Waals surface area contributed by atoms with E-state index >= 15 is 0 Å². The SMILES string of the molecule is Cc1ccc(CC2(CNC3CC3)CCOCC2)cc1C. The molecule has 1 aromatic rings. The predicted octanol–water partition coefficient (Wildman–Crippen LogP) is 3.39. The lowest BCUT2D eigenvalue weighted by Gasteiger charge is -2.38. The Kier molecular flexibility index (Phi) is 4.13. The van der Waals surface area contributed by atoms with Crippen molar-refractivity contribution >= 4 is 0 Å². The van der Waals surface area contributed by atoms with E-state index in [1.54, 1.807) is 0 Å². The first-order valence-electron chi connectivity index (χ1n) is 8.04. The van der Waals surface area contributed by atoms with Crippen LogP contribution in [0.4, 0.5) is 0 Å². The lowest BCUT2D eigenvalue weighted by Crippen LogP contribution is -2.41. The Bertz CT molecular complexity index is 458. The van der Waals surface area contributed by atoms with Crippen LogP contribution in [-0.4, -0.2) is 25.8 Å². The van der Waals surface area contributed by atoms with Crippen LogP contribution in [0.5, 0.6) is 0 Å². The second kappa shape index (κ2) is 5.87. The summed E-state index contributed by atoms with van der Waals surface area (Å²) < 4.78 is 5.60. The summed E-state index contributed by atoms with van der Waals surface area (Å²) in [6.07, 6.45) is 6.32. The third kappa shape index (κ3) is 3.42. The van der Waals surface area contributed by atoms with Crippen LogP contribution >= 0.6 is 0 Å². The van der Waals surface area contributed by atoms with Crippen molar-refractivity contribution in [3.63, 3.8) is 0 Å². The number of nitrogens with one attached hydrogen (secondary N) is 1. The van der Waals surface area contributed by atoms with Gasteiger partial charge < -0.3 is 10.1 Å². The topological polar surface area (TPSA) is 21.3 Å². The van der Waals surface area contributed by atoms with Crippen molar-refractivity contribution in [1.82, 2.24) is 5.32 Å². The van der Waals surface area contributed by atoms with Gasteiger partial charge in [0.05, 0.1) is 0 Å². The van der Waals surface area contributed by atoms with E-state index in [0.29, 0.717) is 5.41 Å². The van der Waals surface area contributed by atoms with Crippen molar-refractivity contribution in [2.75, 3.05) is 19.8 Å². The second-order valence-corrected chi connectivity index (χ2v) is 6.86. The van der Waals surface area contributed by atoms with E-state index in [1.807, 2.05) is 0 Å². The average Bonchev–Trinajstić information content (AvgIpc) is 3.26. The van der Waals surface area contributed by atoms with Crippen molar-refractivity contribution in [3.05, 3.63) is 34.9 Å². The minimum absolute atomic E-state index is 0.405. The smallest absolute Gasteiger partial charge is 0.0471 e. The molecule has 1 saturated heterocycles. The van der Waals surface area contributed by atoms with Crippen LogP contribution in [0.2, 0.25) is 0 Å². The molecule has 0 atom stereocenters. The normalized spacial score (nSPS) is 21.9. The van der Waals surface area contributed by atoms with E-state index in [1.165, 1.54) is 48.8 Å². The van der Waals surface area contributed by atoms with Gasteiger partial charge in [-0.05, 0) is 68.1 Å². The lowest BCUT2D eigenvalue weighted by atomic mass is 9.75. The van der Waals surface area contributed by atoms with Gasteiger partial charge in [-0.25, -0.2) is 0 Å². The first-order valence-corrected chi connectivity index (χ1v) is 8.04. The van der Waals surface area contributed by atoms with Gasteiger partial charge in [0.15, 0.2) is 0 Å². The summed E-state index contributed by atoms with van der Waals surface area (Å²) in [5.41, 5.74) is 4.71. The molecule has 1 N–H and O–H groups in total. The molecule has 1 aromatic carbocycles. The summed E-state index contributed by atoms with van der Waals surface area (Å²) in [5.74, 6) is 0. The maximum atomic E-state index is 5.60. The van der Waals surface area contributed by atoms with Gasteiger partial charge >= 0.3 is 0 Å². The first-order chi connectivity index (χ1) is 9.67. The molecule has 0 bridgehead atoms. The maximum Gasteiger partial charge on any atom is 0.0471 e. The van der Waals surface area contributed by atoms with Gasteiger partial charge in [0.1, 0.15) is 0 Å². The second-order valence-electron chi connectivity index (χ2n) is 6.86. The zero-order valence-corrected chi connectivity index (χ0v) is 12.9. The van der Waals surface area contributed by atoms with E-state index in [4.69, 9.17) is 4.74 Å². The number of rotatable bonds is 5. The number of hydrogen-bond donors (Lipinski definition) is 1. The van der Waals surface area contributed by atoms with Crippen LogP contribution < -0.4 is 5.32 Å². The molecule has 1 heterocycles. The van der Waals surface area contributed by atoms with Gasteiger partial charge in [-0.2, -0.15) is 0 Å². The molecule has 2 nitrogen and oxygen atoms in total.